The third-order valence-corrected chi connectivity index (χ3v) is 3.01. The summed E-state index contributed by atoms with van der Waals surface area (Å²) in [4.78, 5) is 15.8. The van der Waals surface area contributed by atoms with Gasteiger partial charge in [0.25, 0.3) is 0 Å². The van der Waals surface area contributed by atoms with Crippen LogP contribution < -0.4 is 5.73 Å². The molecule has 0 aromatic carbocycles. The highest BCUT2D eigenvalue weighted by Crippen LogP contribution is 2.16. The molecule has 1 fully saturated rings. The van der Waals surface area contributed by atoms with Crippen LogP contribution in [-0.2, 0) is 4.79 Å². The molecule has 15 heavy (non-hydrogen) atoms. The summed E-state index contributed by atoms with van der Waals surface area (Å²) in [5, 5.41) is 0. The average molecular weight is 213 g/mol. The van der Waals surface area contributed by atoms with E-state index in [1.807, 2.05) is 18.9 Å². The molecule has 1 amide bonds. The molecule has 4 heteroatoms. The summed E-state index contributed by atoms with van der Waals surface area (Å²) in [6.07, 6.45) is 0. The molecule has 2 unspecified atom stereocenters. The maximum Gasteiger partial charge on any atom is 0.236 e. The largest absolute Gasteiger partial charge is 0.340 e. The number of nitrogens with two attached hydrogens (primary N) is 1. The first kappa shape index (κ1) is 12.5. The molecule has 0 aliphatic carbocycles. The first-order valence-corrected chi connectivity index (χ1v) is 5.65. The van der Waals surface area contributed by atoms with Gasteiger partial charge in [0.05, 0.1) is 6.54 Å². The lowest BCUT2D eigenvalue weighted by Gasteiger charge is -2.41. The van der Waals surface area contributed by atoms with E-state index in [0.717, 1.165) is 13.1 Å². The number of likely N-dealkylation sites (N-methyl/N-ethyl adjacent to an activating group) is 1. The van der Waals surface area contributed by atoms with E-state index in [2.05, 4.69) is 18.7 Å². The lowest BCUT2D eigenvalue weighted by Crippen LogP contribution is -2.58. The van der Waals surface area contributed by atoms with Crippen LogP contribution in [0.25, 0.3) is 0 Å². The number of hydrogen-bond donors (Lipinski definition) is 1. The maximum atomic E-state index is 11.7. The van der Waals surface area contributed by atoms with Crippen molar-refractivity contribution >= 4 is 5.91 Å². The van der Waals surface area contributed by atoms with E-state index >= 15 is 0 Å². The zero-order valence-corrected chi connectivity index (χ0v) is 10.2. The molecule has 0 bridgehead atoms. The van der Waals surface area contributed by atoms with Crippen LogP contribution in [0.1, 0.15) is 20.8 Å². The van der Waals surface area contributed by atoms with Gasteiger partial charge in [-0.15, -0.1) is 0 Å². The lowest BCUT2D eigenvalue weighted by atomic mass is 10.00. The van der Waals surface area contributed by atoms with Gasteiger partial charge in [-0.2, -0.15) is 0 Å². The van der Waals surface area contributed by atoms with Crippen LogP contribution in [0.15, 0.2) is 0 Å². The first-order valence-electron chi connectivity index (χ1n) is 5.65. The van der Waals surface area contributed by atoms with Crippen LogP contribution in [0.3, 0.4) is 0 Å². The maximum absolute atomic E-state index is 11.7. The van der Waals surface area contributed by atoms with Gasteiger partial charge in [-0.3, -0.25) is 9.69 Å². The van der Waals surface area contributed by atoms with E-state index in [4.69, 9.17) is 5.73 Å². The highest BCUT2D eigenvalue weighted by molar-refractivity contribution is 5.79. The van der Waals surface area contributed by atoms with Gasteiger partial charge >= 0.3 is 0 Å². The fraction of sp³-hybridized carbons (Fsp3) is 0.909. The number of nitrogens with zero attached hydrogens (tertiary/aromatic N) is 2. The molecule has 1 aliphatic rings. The lowest BCUT2D eigenvalue weighted by molar-refractivity contribution is -0.139. The minimum atomic E-state index is 0.133. The number of carbonyl (C=O) groups excluding carboxylic acids is 1. The van der Waals surface area contributed by atoms with E-state index in [-0.39, 0.29) is 11.9 Å². The van der Waals surface area contributed by atoms with Crippen molar-refractivity contribution in [2.24, 2.45) is 11.7 Å². The summed E-state index contributed by atoms with van der Waals surface area (Å²) in [6, 6.07) is 0.457. The normalized spacial score (nSPS) is 26.1. The monoisotopic (exact) mass is 213 g/mol. The number of hydrogen-bond acceptors (Lipinski definition) is 3. The van der Waals surface area contributed by atoms with Crippen LogP contribution in [0.2, 0.25) is 0 Å². The Bertz CT molecular complexity index is 228. The first-order chi connectivity index (χ1) is 6.91. The smallest absolute Gasteiger partial charge is 0.236 e. The number of piperazine rings is 1. The third-order valence-electron chi connectivity index (χ3n) is 3.01. The van der Waals surface area contributed by atoms with Crippen LogP contribution in [0, 0.1) is 5.92 Å². The second-order valence-corrected chi connectivity index (χ2v) is 4.99. The van der Waals surface area contributed by atoms with E-state index in [9.17, 15) is 4.79 Å². The molecule has 0 radical (unpaired) electrons. The zero-order chi connectivity index (χ0) is 11.6. The number of rotatable bonds is 3. The number of amides is 1. The summed E-state index contributed by atoms with van der Waals surface area (Å²) in [5.74, 6) is 0.704. The van der Waals surface area contributed by atoms with Crippen molar-refractivity contribution in [3.05, 3.63) is 0 Å². The van der Waals surface area contributed by atoms with Gasteiger partial charge < -0.3 is 10.6 Å². The Hall–Kier alpha value is -0.610. The fourth-order valence-electron chi connectivity index (χ4n) is 2.14. The van der Waals surface area contributed by atoms with Crippen molar-refractivity contribution in [2.75, 3.05) is 26.7 Å². The Morgan fingerprint density at radius 3 is 2.53 bits per heavy atom. The highest BCUT2D eigenvalue weighted by Gasteiger charge is 2.31. The highest BCUT2D eigenvalue weighted by atomic mass is 16.2. The molecule has 1 saturated heterocycles. The van der Waals surface area contributed by atoms with Gasteiger partial charge in [-0.25, -0.2) is 0 Å². The van der Waals surface area contributed by atoms with Crippen molar-refractivity contribution in [1.82, 2.24) is 9.80 Å². The zero-order valence-electron chi connectivity index (χ0n) is 10.2. The second kappa shape index (κ2) is 4.94. The molecule has 0 spiro atoms. The summed E-state index contributed by atoms with van der Waals surface area (Å²) < 4.78 is 0. The van der Waals surface area contributed by atoms with Crippen LogP contribution in [0.5, 0.6) is 0 Å². The van der Waals surface area contributed by atoms with Gasteiger partial charge in [0.1, 0.15) is 0 Å². The molecule has 88 valence electrons. The molecule has 2 atom stereocenters. The Morgan fingerprint density at radius 2 is 2.07 bits per heavy atom. The predicted octanol–water partition coefficient (Wildman–Crippen LogP) is 0.132. The van der Waals surface area contributed by atoms with Crippen LogP contribution in [0.4, 0.5) is 0 Å². The van der Waals surface area contributed by atoms with Crippen molar-refractivity contribution in [1.29, 1.82) is 0 Å². The second-order valence-electron chi connectivity index (χ2n) is 4.99. The molecule has 0 aromatic heterocycles. The van der Waals surface area contributed by atoms with Gasteiger partial charge in [0, 0.05) is 32.2 Å². The predicted molar refractivity (Wildman–Crippen MR) is 61.5 cm³/mol. The molecule has 2 N–H and O–H groups in total. The Labute approximate surface area is 92.4 Å². The number of carbonyl (C=O) groups is 1. The molecule has 1 heterocycles. The summed E-state index contributed by atoms with van der Waals surface area (Å²) in [5.41, 5.74) is 5.76. The van der Waals surface area contributed by atoms with Crippen molar-refractivity contribution in [3.63, 3.8) is 0 Å². The molecule has 1 aliphatic heterocycles. The van der Waals surface area contributed by atoms with Gasteiger partial charge in [0.2, 0.25) is 5.91 Å². The Balaban J connectivity index is 2.62. The molecular weight excluding hydrogens is 190 g/mol. The molecule has 4 nitrogen and oxygen atoms in total. The van der Waals surface area contributed by atoms with Crippen LogP contribution in [-0.4, -0.2) is 54.5 Å². The van der Waals surface area contributed by atoms with E-state index in [0.29, 0.717) is 18.5 Å². The topological polar surface area (TPSA) is 49.6 Å². The third kappa shape index (κ3) is 3.18. The van der Waals surface area contributed by atoms with Gasteiger partial charge in [-0.1, -0.05) is 13.8 Å². The van der Waals surface area contributed by atoms with E-state index in [1.165, 1.54) is 0 Å². The van der Waals surface area contributed by atoms with Crippen molar-refractivity contribution < 1.29 is 4.79 Å². The van der Waals surface area contributed by atoms with Gasteiger partial charge in [-0.05, 0) is 12.8 Å². The van der Waals surface area contributed by atoms with Crippen molar-refractivity contribution in [3.8, 4) is 0 Å². The standard InChI is InChI=1S/C11H23N3O/c1-8(2)10-6-14(5-9(3)12)7-11(15)13(10)4/h8-10H,5-7,12H2,1-4H3. The summed E-state index contributed by atoms with van der Waals surface area (Å²) in [6.45, 7) is 8.56. The molecule has 1 rings (SSSR count). The van der Waals surface area contributed by atoms with Crippen molar-refractivity contribution in [2.45, 2.75) is 32.9 Å². The molecular formula is C11H23N3O. The Kier molecular flexibility index (Phi) is 4.11. The molecule has 0 aromatic rings. The van der Waals surface area contributed by atoms with E-state index < -0.39 is 0 Å². The summed E-state index contributed by atoms with van der Waals surface area (Å²) in [7, 11) is 1.90. The van der Waals surface area contributed by atoms with Crippen LogP contribution >= 0.6 is 0 Å². The van der Waals surface area contributed by atoms with E-state index in [1.54, 1.807) is 0 Å². The fourth-order valence-corrected chi connectivity index (χ4v) is 2.14. The SMILES string of the molecule is CC(N)CN1CC(=O)N(C)C(C(C)C)C1. The summed E-state index contributed by atoms with van der Waals surface area (Å²) >= 11 is 0. The average Bonchev–Trinajstić information content (AvgIpc) is 2.09. The van der Waals surface area contributed by atoms with Gasteiger partial charge in [0.15, 0.2) is 0 Å². The Morgan fingerprint density at radius 1 is 1.47 bits per heavy atom. The quantitative estimate of drug-likeness (QED) is 0.725. The minimum absolute atomic E-state index is 0.133. The minimum Gasteiger partial charge on any atom is -0.340 e. The molecule has 0 saturated carbocycles.